The number of nitrogens with zero attached hydrogens (tertiary/aromatic N) is 2. The zero-order chi connectivity index (χ0) is 21.3. The van der Waals surface area contributed by atoms with Crippen molar-refractivity contribution < 1.29 is 13.9 Å². The van der Waals surface area contributed by atoms with Gasteiger partial charge >= 0.3 is 0 Å². The van der Waals surface area contributed by atoms with Crippen molar-refractivity contribution in [1.82, 2.24) is 10.6 Å². The molecule has 1 aliphatic heterocycles. The third-order valence-corrected chi connectivity index (χ3v) is 5.20. The van der Waals surface area contributed by atoms with E-state index in [-0.39, 0.29) is 41.7 Å². The Balaban J connectivity index is 0.00000341. The molecule has 0 spiro atoms. The molecule has 1 saturated heterocycles. The van der Waals surface area contributed by atoms with E-state index >= 15 is 0 Å². The van der Waals surface area contributed by atoms with Crippen LogP contribution in [-0.2, 0) is 13.0 Å². The smallest absolute Gasteiger partial charge is 0.191 e. The molecule has 0 bridgehead atoms. The zero-order valence-electron chi connectivity index (χ0n) is 17.8. The van der Waals surface area contributed by atoms with E-state index < -0.39 is 0 Å². The molecule has 8 heteroatoms. The first-order chi connectivity index (χ1) is 14.5. The molecule has 1 fully saturated rings. The molecule has 0 atom stereocenters. The van der Waals surface area contributed by atoms with Crippen molar-refractivity contribution in [2.45, 2.75) is 38.8 Å². The second-order valence-corrected chi connectivity index (χ2v) is 7.50. The van der Waals surface area contributed by atoms with Crippen LogP contribution in [0.25, 0.3) is 0 Å². The Morgan fingerprint density at radius 2 is 1.74 bits per heavy atom. The lowest BCUT2D eigenvalue weighted by molar-refractivity contribution is 0.145. The molecule has 0 radical (unpaired) electrons. The number of hydrogen-bond acceptors (Lipinski definition) is 3. The molecule has 3 N–H and O–H groups in total. The summed E-state index contributed by atoms with van der Waals surface area (Å²) < 4.78 is 27.6. The number of hydrogen-bond donors (Lipinski definition) is 3. The Kier molecular flexibility index (Phi) is 10.5. The van der Waals surface area contributed by atoms with Gasteiger partial charge < -0.3 is 20.6 Å². The van der Waals surface area contributed by atoms with E-state index in [0.29, 0.717) is 50.7 Å². The second kappa shape index (κ2) is 12.8. The third-order valence-electron chi connectivity index (χ3n) is 5.20. The van der Waals surface area contributed by atoms with Crippen LogP contribution in [0.15, 0.2) is 47.5 Å². The highest BCUT2D eigenvalue weighted by Crippen LogP contribution is 2.24. The molecule has 31 heavy (non-hydrogen) atoms. The Hall–Kier alpha value is -1.94. The predicted octanol–water partition coefficient (Wildman–Crippen LogP) is 3.84. The van der Waals surface area contributed by atoms with Gasteiger partial charge in [0.2, 0.25) is 0 Å². The first kappa shape index (κ1) is 25.3. The molecule has 0 amide bonds. The molecule has 0 aliphatic carbocycles. The minimum absolute atomic E-state index is 0. The fourth-order valence-electron chi connectivity index (χ4n) is 3.50. The van der Waals surface area contributed by atoms with Gasteiger partial charge in [-0.15, -0.1) is 24.0 Å². The lowest BCUT2D eigenvalue weighted by Crippen LogP contribution is -2.38. The third kappa shape index (κ3) is 7.92. The summed E-state index contributed by atoms with van der Waals surface area (Å²) in [7, 11) is 0. The molecular formula is C23H31F2IN4O. The number of piperidine rings is 1. The van der Waals surface area contributed by atoms with Crippen LogP contribution >= 0.6 is 24.0 Å². The van der Waals surface area contributed by atoms with Crippen LogP contribution in [-0.4, -0.2) is 43.3 Å². The van der Waals surface area contributed by atoms with Gasteiger partial charge in [-0.05, 0) is 61.6 Å². The first-order valence-electron chi connectivity index (χ1n) is 10.5. The molecule has 0 unspecified atom stereocenters. The minimum atomic E-state index is -0.280. The zero-order valence-corrected chi connectivity index (χ0v) is 20.1. The summed E-state index contributed by atoms with van der Waals surface area (Å²) in [6, 6.07) is 11.7. The highest BCUT2D eigenvalue weighted by atomic mass is 127. The van der Waals surface area contributed by atoms with Crippen LogP contribution < -0.4 is 15.5 Å². The number of benzene rings is 2. The SMILES string of the molecule is CCNC(=NCc1ccc(N2CCC(O)CC2)c(F)c1)NCCc1ccc(F)cc1.I. The summed E-state index contributed by atoms with van der Waals surface area (Å²) in [4.78, 5) is 6.53. The molecule has 0 aromatic heterocycles. The standard InChI is InChI=1S/C23H30F2N4O.HI/c1-2-26-23(27-12-9-17-3-6-19(24)7-4-17)28-16-18-5-8-22(21(25)15-18)29-13-10-20(30)11-14-29;/h3-8,15,20,30H,2,9-14,16H2,1H3,(H2,26,27,28);1H. The van der Waals surface area contributed by atoms with Crippen molar-refractivity contribution in [2.24, 2.45) is 4.99 Å². The number of aliphatic hydroxyl groups excluding tert-OH is 1. The van der Waals surface area contributed by atoms with E-state index in [1.807, 2.05) is 17.9 Å². The van der Waals surface area contributed by atoms with Gasteiger partial charge in [0, 0.05) is 26.2 Å². The molecular weight excluding hydrogens is 513 g/mol. The van der Waals surface area contributed by atoms with E-state index in [2.05, 4.69) is 15.6 Å². The average molecular weight is 544 g/mol. The maximum Gasteiger partial charge on any atom is 0.191 e. The summed E-state index contributed by atoms with van der Waals surface area (Å²) in [6.45, 7) is 5.06. The number of rotatable bonds is 7. The maximum atomic E-state index is 14.6. The van der Waals surface area contributed by atoms with E-state index in [1.165, 1.54) is 18.2 Å². The van der Waals surface area contributed by atoms with Gasteiger partial charge in [-0.1, -0.05) is 18.2 Å². The van der Waals surface area contributed by atoms with Crippen LogP contribution in [0.4, 0.5) is 14.5 Å². The Bertz CT molecular complexity index is 840. The van der Waals surface area contributed by atoms with Crippen LogP contribution in [0.2, 0.25) is 0 Å². The van der Waals surface area contributed by atoms with Crippen molar-refractivity contribution in [2.75, 3.05) is 31.1 Å². The molecule has 0 saturated carbocycles. The Morgan fingerprint density at radius 3 is 2.39 bits per heavy atom. The number of anilines is 1. The van der Waals surface area contributed by atoms with Crippen molar-refractivity contribution in [3.63, 3.8) is 0 Å². The Labute approximate surface area is 200 Å². The maximum absolute atomic E-state index is 14.6. The summed E-state index contributed by atoms with van der Waals surface area (Å²) in [5.74, 6) is 0.167. The summed E-state index contributed by atoms with van der Waals surface area (Å²) >= 11 is 0. The molecule has 170 valence electrons. The van der Waals surface area contributed by atoms with E-state index in [0.717, 1.165) is 24.1 Å². The fraction of sp³-hybridized carbons (Fsp3) is 0.435. The molecule has 3 rings (SSSR count). The molecule has 1 heterocycles. The number of halogens is 3. The second-order valence-electron chi connectivity index (χ2n) is 7.50. The van der Waals surface area contributed by atoms with Gasteiger partial charge in [0.25, 0.3) is 0 Å². The van der Waals surface area contributed by atoms with Gasteiger partial charge in [-0.2, -0.15) is 0 Å². The van der Waals surface area contributed by atoms with Crippen molar-refractivity contribution in [3.05, 3.63) is 65.2 Å². The minimum Gasteiger partial charge on any atom is -0.393 e. The topological polar surface area (TPSA) is 59.9 Å². The molecule has 2 aromatic rings. The van der Waals surface area contributed by atoms with Gasteiger partial charge in [0.05, 0.1) is 18.3 Å². The summed E-state index contributed by atoms with van der Waals surface area (Å²) in [5.41, 5.74) is 2.42. The van der Waals surface area contributed by atoms with Crippen molar-refractivity contribution in [1.29, 1.82) is 0 Å². The van der Waals surface area contributed by atoms with Crippen LogP contribution in [0.3, 0.4) is 0 Å². The largest absolute Gasteiger partial charge is 0.393 e. The lowest BCUT2D eigenvalue weighted by atomic mass is 10.1. The monoisotopic (exact) mass is 544 g/mol. The fourth-order valence-corrected chi connectivity index (χ4v) is 3.50. The number of aliphatic imine (C=N–C) groups is 1. The lowest BCUT2D eigenvalue weighted by Gasteiger charge is -2.31. The number of aliphatic hydroxyl groups is 1. The quantitative estimate of drug-likeness (QED) is 0.282. The van der Waals surface area contributed by atoms with Crippen molar-refractivity contribution in [3.8, 4) is 0 Å². The van der Waals surface area contributed by atoms with Crippen LogP contribution in [0, 0.1) is 11.6 Å². The predicted molar refractivity (Wildman–Crippen MR) is 132 cm³/mol. The van der Waals surface area contributed by atoms with Gasteiger partial charge in [-0.3, -0.25) is 0 Å². The van der Waals surface area contributed by atoms with Crippen molar-refractivity contribution >= 4 is 35.6 Å². The average Bonchev–Trinajstić information content (AvgIpc) is 2.74. The highest BCUT2D eigenvalue weighted by molar-refractivity contribution is 14.0. The normalized spacial score (nSPS) is 14.8. The van der Waals surface area contributed by atoms with E-state index in [1.54, 1.807) is 18.2 Å². The van der Waals surface area contributed by atoms with Gasteiger partial charge in [0.1, 0.15) is 11.6 Å². The Morgan fingerprint density at radius 1 is 1.06 bits per heavy atom. The van der Waals surface area contributed by atoms with E-state index in [4.69, 9.17) is 0 Å². The number of guanidine groups is 1. The first-order valence-corrected chi connectivity index (χ1v) is 10.5. The molecule has 1 aliphatic rings. The summed E-state index contributed by atoms with van der Waals surface area (Å²) in [5, 5.41) is 16.1. The molecule has 5 nitrogen and oxygen atoms in total. The van der Waals surface area contributed by atoms with E-state index in [9.17, 15) is 13.9 Å². The molecule has 2 aromatic carbocycles. The summed E-state index contributed by atoms with van der Waals surface area (Å²) in [6.07, 6.45) is 1.80. The number of nitrogens with one attached hydrogen (secondary N) is 2. The van der Waals surface area contributed by atoms with Crippen LogP contribution in [0.1, 0.15) is 30.9 Å². The van der Waals surface area contributed by atoms with Gasteiger partial charge in [0.15, 0.2) is 5.96 Å². The van der Waals surface area contributed by atoms with Gasteiger partial charge in [-0.25, -0.2) is 13.8 Å². The highest BCUT2D eigenvalue weighted by Gasteiger charge is 2.19. The van der Waals surface area contributed by atoms with Crippen LogP contribution in [0.5, 0.6) is 0 Å².